The Balaban J connectivity index is 1.54. The molecule has 2 aromatic rings. The van der Waals surface area contributed by atoms with Gasteiger partial charge < -0.3 is 9.73 Å². The van der Waals surface area contributed by atoms with E-state index >= 15 is 0 Å². The Labute approximate surface area is 120 Å². The SMILES string of the molecule is c1coc(CNC2CSCC2Sc2cccs2)c1. The Morgan fingerprint density at radius 1 is 1.33 bits per heavy atom. The van der Waals surface area contributed by atoms with Gasteiger partial charge in [-0.1, -0.05) is 6.07 Å². The topological polar surface area (TPSA) is 25.2 Å². The molecule has 0 spiro atoms. The zero-order valence-corrected chi connectivity index (χ0v) is 12.3. The smallest absolute Gasteiger partial charge is 0.117 e. The van der Waals surface area contributed by atoms with Crippen LogP contribution in [-0.2, 0) is 6.54 Å². The molecule has 3 heterocycles. The number of hydrogen-bond acceptors (Lipinski definition) is 5. The Kier molecular flexibility index (Phi) is 4.36. The first kappa shape index (κ1) is 12.7. The first-order valence-corrected chi connectivity index (χ1v) is 8.87. The molecule has 2 unspecified atom stereocenters. The molecule has 2 atom stereocenters. The number of rotatable bonds is 5. The quantitative estimate of drug-likeness (QED) is 0.909. The van der Waals surface area contributed by atoms with Crippen LogP contribution in [0.25, 0.3) is 0 Å². The lowest BCUT2D eigenvalue weighted by atomic mass is 10.2. The van der Waals surface area contributed by atoms with Gasteiger partial charge in [0.25, 0.3) is 0 Å². The molecule has 5 heteroatoms. The fraction of sp³-hybridized carbons (Fsp3) is 0.385. The van der Waals surface area contributed by atoms with Crippen molar-refractivity contribution in [1.82, 2.24) is 5.32 Å². The van der Waals surface area contributed by atoms with Crippen molar-refractivity contribution in [3.8, 4) is 0 Å². The van der Waals surface area contributed by atoms with E-state index in [1.807, 2.05) is 47.0 Å². The molecule has 0 radical (unpaired) electrons. The summed E-state index contributed by atoms with van der Waals surface area (Å²) < 4.78 is 6.78. The van der Waals surface area contributed by atoms with Crippen molar-refractivity contribution >= 4 is 34.9 Å². The van der Waals surface area contributed by atoms with Crippen LogP contribution in [0.2, 0.25) is 0 Å². The van der Waals surface area contributed by atoms with Crippen LogP contribution in [0, 0.1) is 0 Å². The van der Waals surface area contributed by atoms with Gasteiger partial charge in [0.05, 0.1) is 17.0 Å². The maximum atomic E-state index is 5.36. The minimum atomic E-state index is 0.576. The Hall–Kier alpha value is -0.360. The summed E-state index contributed by atoms with van der Waals surface area (Å²) in [6.07, 6.45) is 1.73. The van der Waals surface area contributed by atoms with Crippen LogP contribution in [0.15, 0.2) is 44.5 Å². The number of furan rings is 1. The highest BCUT2D eigenvalue weighted by Gasteiger charge is 2.28. The molecule has 2 aromatic heterocycles. The molecule has 96 valence electrons. The summed E-state index contributed by atoms with van der Waals surface area (Å²) in [5.41, 5.74) is 0. The number of hydrogen-bond donors (Lipinski definition) is 1. The summed E-state index contributed by atoms with van der Waals surface area (Å²) in [5, 5.41) is 6.43. The Morgan fingerprint density at radius 2 is 2.33 bits per heavy atom. The Morgan fingerprint density at radius 3 is 3.11 bits per heavy atom. The van der Waals surface area contributed by atoms with Gasteiger partial charge in [0.15, 0.2) is 0 Å². The standard InChI is InChI=1S/C13H15NOS3/c1-3-10(15-5-1)7-14-11-8-16-9-12(11)18-13-4-2-6-17-13/h1-6,11-12,14H,7-9H2. The second-order valence-electron chi connectivity index (χ2n) is 4.19. The lowest BCUT2D eigenvalue weighted by Crippen LogP contribution is -2.36. The van der Waals surface area contributed by atoms with E-state index in [1.165, 1.54) is 15.7 Å². The first-order valence-electron chi connectivity index (χ1n) is 5.95. The van der Waals surface area contributed by atoms with Gasteiger partial charge in [0, 0.05) is 22.8 Å². The third-order valence-corrected chi connectivity index (χ3v) is 6.72. The molecule has 1 aliphatic rings. The van der Waals surface area contributed by atoms with Crippen LogP contribution in [0.5, 0.6) is 0 Å². The maximum absolute atomic E-state index is 5.36. The van der Waals surface area contributed by atoms with Crippen LogP contribution in [-0.4, -0.2) is 22.8 Å². The molecule has 0 amide bonds. The van der Waals surface area contributed by atoms with Gasteiger partial charge in [0.1, 0.15) is 5.76 Å². The van der Waals surface area contributed by atoms with Crippen LogP contribution < -0.4 is 5.32 Å². The summed E-state index contributed by atoms with van der Waals surface area (Å²) in [5.74, 6) is 3.45. The zero-order chi connectivity index (χ0) is 12.2. The van der Waals surface area contributed by atoms with E-state index in [-0.39, 0.29) is 0 Å². The normalized spacial score (nSPS) is 23.6. The highest BCUT2D eigenvalue weighted by molar-refractivity contribution is 8.05. The van der Waals surface area contributed by atoms with Gasteiger partial charge in [-0.2, -0.15) is 11.8 Å². The van der Waals surface area contributed by atoms with Gasteiger partial charge in [0.2, 0.25) is 0 Å². The van der Waals surface area contributed by atoms with Crippen LogP contribution in [0.1, 0.15) is 5.76 Å². The molecule has 1 fully saturated rings. The zero-order valence-electron chi connectivity index (χ0n) is 9.87. The molecule has 2 nitrogen and oxygen atoms in total. The first-order chi connectivity index (χ1) is 8.92. The average Bonchev–Trinajstić information content (AvgIpc) is 3.10. The Bertz CT molecular complexity index is 455. The maximum Gasteiger partial charge on any atom is 0.117 e. The molecular formula is C13H15NOS3. The van der Waals surface area contributed by atoms with Gasteiger partial charge in [-0.15, -0.1) is 23.1 Å². The molecule has 1 aliphatic heterocycles. The third-order valence-electron chi connectivity index (χ3n) is 2.91. The van der Waals surface area contributed by atoms with Gasteiger partial charge in [-0.3, -0.25) is 0 Å². The van der Waals surface area contributed by atoms with E-state index in [0.29, 0.717) is 11.3 Å². The monoisotopic (exact) mass is 297 g/mol. The molecule has 1 N–H and O–H groups in total. The molecule has 3 rings (SSSR count). The number of thiophene rings is 1. The lowest BCUT2D eigenvalue weighted by molar-refractivity contribution is 0.460. The largest absolute Gasteiger partial charge is 0.468 e. The van der Waals surface area contributed by atoms with Crippen LogP contribution >= 0.6 is 34.9 Å². The van der Waals surface area contributed by atoms with Crippen LogP contribution in [0.4, 0.5) is 0 Å². The minimum absolute atomic E-state index is 0.576. The lowest BCUT2D eigenvalue weighted by Gasteiger charge is -2.18. The van der Waals surface area contributed by atoms with Gasteiger partial charge in [-0.25, -0.2) is 0 Å². The molecule has 0 aliphatic carbocycles. The van der Waals surface area contributed by atoms with Crippen molar-refractivity contribution in [2.24, 2.45) is 0 Å². The number of nitrogens with one attached hydrogen (secondary N) is 1. The summed E-state index contributed by atoms with van der Waals surface area (Å²) in [6.45, 7) is 0.833. The molecule has 0 bridgehead atoms. The molecular weight excluding hydrogens is 282 g/mol. The van der Waals surface area contributed by atoms with E-state index in [2.05, 4.69) is 22.8 Å². The third kappa shape index (κ3) is 3.15. The predicted octanol–water partition coefficient (Wildman–Crippen LogP) is 3.71. The van der Waals surface area contributed by atoms with E-state index in [0.717, 1.165) is 12.3 Å². The van der Waals surface area contributed by atoms with Crippen molar-refractivity contribution in [3.63, 3.8) is 0 Å². The van der Waals surface area contributed by atoms with Crippen molar-refractivity contribution in [2.75, 3.05) is 11.5 Å². The second kappa shape index (κ2) is 6.19. The molecule has 1 saturated heterocycles. The average molecular weight is 297 g/mol. The van der Waals surface area contributed by atoms with Gasteiger partial charge in [-0.05, 0) is 23.6 Å². The van der Waals surface area contributed by atoms with E-state index < -0.39 is 0 Å². The molecule has 0 saturated carbocycles. The number of thioether (sulfide) groups is 2. The highest BCUT2D eigenvalue weighted by atomic mass is 32.2. The van der Waals surface area contributed by atoms with Crippen LogP contribution in [0.3, 0.4) is 0 Å². The summed E-state index contributed by atoms with van der Waals surface area (Å²) >= 11 is 5.88. The highest BCUT2D eigenvalue weighted by Crippen LogP contribution is 2.35. The fourth-order valence-electron chi connectivity index (χ4n) is 1.97. The minimum Gasteiger partial charge on any atom is -0.468 e. The van der Waals surface area contributed by atoms with Crippen molar-refractivity contribution in [2.45, 2.75) is 22.0 Å². The predicted molar refractivity (Wildman–Crippen MR) is 80.6 cm³/mol. The van der Waals surface area contributed by atoms with Crippen molar-refractivity contribution < 1.29 is 4.42 Å². The summed E-state index contributed by atoms with van der Waals surface area (Å²) in [7, 11) is 0. The summed E-state index contributed by atoms with van der Waals surface area (Å²) in [6, 6.07) is 8.88. The van der Waals surface area contributed by atoms with Crippen molar-refractivity contribution in [1.29, 1.82) is 0 Å². The van der Waals surface area contributed by atoms with Crippen molar-refractivity contribution in [3.05, 3.63) is 41.7 Å². The molecule has 18 heavy (non-hydrogen) atoms. The van der Waals surface area contributed by atoms with E-state index in [1.54, 1.807) is 6.26 Å². The summed E-state index contributed by atoms with van der Waals surface area (Å²) in [4.78, 5) is 0. The molecule has 0 aromatic carbocycles. The second-order valence-corrected chi connectivity index (χ2v) is 7.75. The van der Waals surface area contributed by atoms with E-state index in [9.17, 15) is 0 Å². The fourth-order valence-corrected chi connectivity index (χ4v) is 5.87. The van der Waals surface area contributed by atoms with E-state index in [4.69, 9.17) is 4.42 Å². The van der Waals surface area contributed by atoms with Gasteiger partial charge >= 0.3 is 0 Å².